The Balaban J connectivity index is 1.46. The molecule has 0 aliphatic carbocycles. The molecule has 1 aliphatic heterocycles. The van der Waals surface area contributed by atoms with E-state index in [0.29, 0.717) is 17.7 Å². The fourth-order valence-electron chi connectivity index (χ4n) is 3.16. The first-order chi connectivity index (χ1) is 14.4. The number of amides is 3. The number of anilines is 1. The molecule has 3 rings (SSSR count). The van der Waals surface area contributed by atoms with Crippen LogP contribution in [0, 0.1) is 13.8 Å². The molecule has 0 unspecified atom stereocenters. The molecule has 0 atom stereocenters. The molecule has 2 N–H and O–H groups in total. The molecule has 6 nitrogen and oxygen atoms in total. The number of rotatable bonds is 6. The molecule has 2 aromatic rings. The van der Waals surface area contributed by atoms with Crippen LogP contribution >= 0.6 is 11.8 Å². The van der Waals surface area contributed by atoms with Gasteiger partial charge in [0, 0.05) is 35.8 Å². The second-order valence-electron chi connectivity index (χ2n) is 7.40. The largest absolute Gasteiger partial charge is 0.343 e. The van der Waals surface area contributed by atoms with Crippen molar-refractivity contribution in [2.24, 2.45) is 0 Å². The summed E-state index contributed by atoms with van der Waals surface area (Å²) in [6.45, 7) is 5.44. The van der Waals surface area contributed by atoms with Crippen LogP contribution in [-0.2, 0) is 16.0 Å². The fourth-order valence-corrected chi connectivity index (χ4v) is 4.06. The number of benzene rings is 2. The van der Waals surface area contributed by atoms with Gasteiger partial charge in [-0.3, -0.25) is 14.4 Å². The smallest absolute Gasteiger partial charge is 0.251 e. The summed E-state index contributed by atoms with van der Waals surface area (Å²) >= 11 is 1.88. The molecule has 1 aliphatic rings. The van der Waals surface area contributed by atoms with Gasteiger partial charge in [-0.2, -0.15) is 11.8 Å². The van der Waals surface area contributed by atoms with E-state index in [0.717, 1.165) is 41.3 Å². The minimum absolute atomic E-state index is 0.112. The van der Waals surface area contributed by atoms with Gasteiger partial charge in [0.2, 0.25) is 11.8 Å². The van der Waals surface area contributed by atoms with Crippen molar-refractivity contribution in [1.82, 2.24) is 10.2 Å². The molecule has 2 aromatic carbocycles. The Morgan fingerprint density at radius 3 is 2.33 bits per heavy atom. The van der Waals surface area contributed by atoms with Crippen molar-refractivity contribution in [1.29, 1.82) is 0 Å². The van der Waals surface area contributed by atoms with Crippen LogP contribution in [0.15, 0.2) is 42.5 Å². The van der Waals surface area contributed by atoms with E-state index in [9.17, 15) is 14.4 Å². The second kappa shape index (κ2) is 10.3. The number of aryl methyl sites for hydroxylation is 2. The second-order valence-corrected chi connectivity index (χ2v) is 8.62. The van der Waals surface area contributed by atoms with E-state index in [-0.39, 0.29) is 24.3 Å². The highest BCUT2D eigenvalue weighted by atomic mass is 32.2. The monoisotopic (exact) mass is 425 g/mol. The van der Waals surface area contributed by atoms with Crippen LogP contribution < -0.4 is 10.6 Å². The third-order valence-electron chi connectivity index (χ3n) is 5.14. The molecule has 1 saturated heterocycles. The van der Waals surface area contributed by atoms with Crippen LogP contribution in [-0.4, -0.2) is 53.8 Å². The number of hydrogen-bond acceptors (Lipinski definition) is 4. The summed E-state index contributed by atoms with van der Waals surface area (Å²) in [4.78, 5) is 38.6. The Morgan fingerprint density at radius 1 is 0.967 bits per heavy atom. The van der Waals surface area contributed by atoms with E-state index in [1.165, 1.54) is 0 Å². The first-order valence-corrected chi connectivity index (χ1v) is 11.2. The molecule has 0 spiro atoms. The molecular formula is C23H27N3O3S. The van der Waals surface area contributed by atoms with Crippen LogP contribution in [0.2, 0.25) is 0 Å². The number of thioether (sulfide) groups is 1. The minimum Gasteiger partial charge on any atom is -0.343 e. The van der Waals surface area contributed by atoms with Gasteiger partial charge in [0.25, 0.3) is 5.91 Å². The Hall–Kier alpha value is -2.80. The van der Waals surface area contributed by atoms with Gasteiger partial charge < -0.3 is 15.5 Å². The average Bonchev–Trinajstić information content (AvgIpc) is 2.76. The average molecular weight is 426 g/mol. The van der Waals surface area contributed by atoms with Crippen molar-refractivity contribution in [2.45, 2.75) is 20.3 Å². The zero-order valence-electron chi connectivity index (χ0n) is 17.4. The fraction of sp³-hybridized carbons (Fsp3) is 0.348. The lowest BCUT2D eigenvalue weighted by atomic mass is 10.1. The topological polar surface area (TPSA) is 78.5 Å². The standard InChI is InChI=1S/C23H27N3O3S/c1-16-3-6-19(13-17(16)2)23(29)24-15-21(27)25-20-7-4-18(5-8-20)14-22(28)26-9-11-30-12-10-26/h3-8,13H,9-12,14-15H2,1-2H3,(H,24,29)(H,25,27). The normalized spacial score (nSPS) is 13.6. The van der Waals surface area contributed by atoms with E-state index in [1.807, 2.05) is 54.8 Å². The minimum atomic E-state index is -0.304. The number of carbonyl (C=O) groups is 3. The Morgan fingerprint density at radius 2 is 1.67 bits per heavy atom. The van der Waals surface area contributed by atoms with Crippen LogP contribution in [0.4, 0.5) is 5.69 Å². The van der Waals surface area contributed by atoms with Gasteiger partial charge in [-0.05, 0) is 54.8 Å². The van der Waals surface area contributed by atoms with Crippen molar-refractivity contribution in [2.75, 3.05) is 36.5 Å². The summed E-state index contributed by atoms with van der Waals surface area (Å²) in [7, 11) is 0. The molecule has 30 heavy (non-hydrogen) atoms. The Labute approximate surface area is 181 Å². The van der Waals surface area contributed by atoms with Gasteiger partial charge >= 0.3 is 0 Å². The highest BCUT2D eigenvalue weighted by Crippen LogP contribution is 2.14. The van der Waals surface area contributed by atoms with E-state index in [2.05, 4.69) is 10.6 Å². The number of nitrogens with zero attached hydrogens (tertiary/aromatic N) is 1. The van der Waals surface area contributed by atoms with E-state index in [4.69, 9.17) is 0 Å². The summed E-state index contributed by atoms with van der Waals surface area (Å²) in [6.07, 6.45) is 0.366. The molecular weight excluding hydrogens is 398 g/mol. The lowest BCUT2D eigenvalue weighted by Crippen LogP contribution is -2.38. The Kier molecular flexibility index (Phi) is 7.52. The van der Waals surface area contributed by atoms with E-state index >= 15 is 0 Å². The van der Waals surface area contributed by atoms with Crippen LogP contribution in [0.25, 0.3) is 0 Å². The molecule has 0 saturated carbocycles. The highest BCUT2D eigenvalue weighted by Gasteiger charge is 2.17. The maximum atomic E-state index is 12.3. The molecule has 3 amide bonds. The summed E-state index contributed by atoms with van der Waals surface area (Å²) in [6, 6.07) is 12.7. The lowest BCUT2D eigenvalue weighted by molar-refractivity contribution is -0.130. The van der Waals surface area contributed by atoms with Crippen LogP contribution in [0.3, 0.4) is 0 Å². The first kappa shape index (κ1) is 21.9. The molecule has 1 fully saturated rings. The lowest BCUT2D eigenvalue weighted by Gasteiger charge is -2.26. The first-order valence-electron chi connectivity index (χ1n) is 10.0. The quantitative estimate of drug-likeness (QED) is 0.746. The molecule has 158 valence electrons. The summed E-state index contributed by atoms with van der Waals surface area (Å²) in [5, 5.41) is 5.40. The number of hydrogen-bond donors (Lipinski definition) is 2. The Bertz CT molecular complexity index is 922. The summed E-state index contributed by atoms with van der Waals surface area (Å²) in [5.74, 6) is 1.55. The molecule has 1 heterocycles. The zero-order valence-corrected chi connectivity index (χ0v) is 18.2. The van der Waals surface area contributed by atoms with Gasteiger partial charge in [0.15, 0.2) is 0 Å². The van der Waals surface area contributed by atoms with Crippen molar-refractivity contribution in [3.63, 3.8) is 0 Å². The van der Waals surface area contributed by atoms with Gasteiger partial charge in [0.05, 0.1) is 13.0 Å². The number of nitrogens with one attached hydrogen (secondary N) is 2. The predicted octanol–water partition coefficient (Wildman–Crippen LogP) is 2.79. The van der Waals surface area contributed by atoms with Crippen molar-refractivity contribution in [3.05, 3.63) is 64.7 Å². The van der Waals surface area contributed by atoms with Crippen molar-refractivity contribution < 1.29 is 14.4 Å². The molecule has 0 aromatic heterocycles. The van der Waals surface area contributed by atoms with Gasteiger partial charge in [0.1, 0.15) is 0 Å². The van der Waals surface area contributed by atoms with Crippen molar-refractivity contribution >= 4 is 35.2 Å². The molecule has 7 heteroatoms. The molecule has 0 radical (unpaired) electrons. The third kappa shape index (κ3) is 6.10. The SMILES string of the molecule is Cc1ccc(C(=O)NCC(=O)Nc2ccc(CC(=O)N3CCSCC3)cc2)cc1C. The third-order valence-corrected chi connectivity index (χ3v) is 6.08. The van der Waals surface area contributed by atoms with E-state index in [1.54, 1.807) is 18.2 Å². The molecule has 0 bridgehead atoms. The number of carbonyl (C=O) groups excluding carboxylic acids is 3. The maximum Gasteiger partial charge on any atom is 0.251 e. The van der Waals surface area contributed by atoms with Crippen molar-refractivity contribution in [3.8, 4) is 0 Å². The predicted molar refractivity (Wildman–Crippen MR) is 121 cm³/mol. The van der Waals surface area contributed by atoms with Crippen LogP contribution in [0.1, 0.15) is 27.0 Å². The van der Waals surface area contributed by atoms with E-state index < -0.39 is 0 Å². The summed E-state index contributed by atoms with van der Waals surface area (Å²) < 4.78 is 0. The van der Waals surface area contributed by atoms with Gasteiger partial charge in [-0.15, -0.1) is 0 Å². The van der Waals surface area contributed by atoms with Gasteiger partial charge in [-0.1, -0.05) is 18.2 Å². The zero-order chi connectivity index (χ0) is 21.5. The van der Waals surface area contributed by atoms with Gasteiger partial charge in [-0.25, -0.2) is 0 Å². The summed E-state index contributed by atoms with van der Waals surface area (Å²) in [5.41, 5.74) is 4.23. The van der Waals surface area contributed by atoms with Crippen LogP contribution in [0.5, 0.6) is 0 Å². The maximum absolute atomic E-state index is 12.3. The highest BCUT2D eigenvalue weighted by molar-refractivity contribution is 7.99.